The molecular weight excluding hydrogens is 427 g/mol. The van der Waals surface area contributed by atoms with E-state index in [1.54, 1.807) is 20.8 Å². The third-order valence-corrected chi connectivity index (χ3v) is 6.19. The summed E-state index contributed by atoms with van der Waals surface area (Å²) >= 11 is 0.960. The number of esters is 2. The number of aromatic nitrogens is 1. The fourth-order valence-electron chi connectivity index (χ4n) is 2.27. The SMILES string of the molecule is COC(=O)CCNC(=O)[C@@H]1O[P@](=O)(OCOC(=O)c2sncc2C)OCC1(C)C. The molecule has 13 heteroatoms. The zero-order valence-corrected chi connectivity index (χ0v) is 18.2. The monoisotopic (exact) mass is 450 g/mol. The lowest BCUT2D eigenvalue weighted by Gasteiger charge is -2.39. The first-order valence-electron chi connectivity index (χ1n) is 8.58. The van der Waals surface area contributed by atoms with Gasteiger partial charge in [0.25, 0.3) is 0 Å². The van der Waals surface area contributed by atoms with Gasteiger partial charge in [-0.05, 0) is 24.0 Å². The molecule has 1 saturated heterocycles. The van der Waals surface area contributed by atoms with E-state index in [4.69, 9.17) is 18.3 Å². The van der Waals surface area contributed by atoms with Crippen LogP contribution in [0.3, 0.4) is 0 Å². The zero-order valence-electron chi connectivity index (χ0n) is 16.5. The van der Waals surface area contributed by atoms with Crippen LogP contribution in [0.25, 0.3) is 0 Å². The minimum absolute atomic E-state index is 0.0208. The van der Waals surface area contributed by atoms with Crippen LogP contribution >= 0.6 is 19.4 Å². The maximum atomic E-state index is 12.7. The summed E-state index contributed by atoms with van der Waals surface area (Å²) in [5, 5.41) is 2.52. The first-order chi connectivity index (χ1) is 13.6. The Hall–Kier alpha value is -1.85. The summed E-state index contributed by atoms with van der Waals surface area (Å²) in [7, 11) is -2.91. The molecular formula is C16H23N2O9PS. The Kier molecular flexibility index (Phi) is 7.89. The molecule has 1 aromatic rings. The summed E-state index contributed by atoms with van der Waals surface area (Å²) in [5.41, 5.74) is -0.175. The molecule has 0 radical (unpaired) electrons. The van der Waals surface area contributed by atoms with E-state index in [-0.39, 0.29) is 19.6 Å². The van der Waals surface area contributed by atoms with Crippen molar-refractivity contribution in [2.45, 2.75) is 33.3 Å². The summed E-state index contributed by atoms with van der Waals surface area (Å²) in [6.45, 7) is 4.31. The van der Waals surface area contributed by atoms with E-state index < -0.39 is 44.0 Å². The van der Waals surface area contributed by atoms with Gasteiger partial charge in [-0.25, -0.2) is 18.3 Å². The number of aryl methyl sites for hydroxylation is 1. The van der Waals surface area contributed by atoms with Crippen LogP contribution < -0.4 is 5.32 Å². The number of nitrogens with one attached hydrogen (secondary N) is 1. The summed E-state index contributed by atoms with van der Waals surface area (Å²) in [6.07, 6.45) is 0.329. The van der Waals surface area contributed by atoms with Crippen LogP contribution in [0.2, 0.25) is 0 Å². The lowest BCUT2D eigenvalue weighted by molar-refractivity contribution is -0.144. The van der Waals surface area contributed by atoms with E-state index in [2.05, 4.69) is 14.4 Å². The van der Waals surface area contributed by atoms with Gasteiger partial charge in [0.15, 0.2) is 6.10 Å². The number of phosphoric ester groups is 1. The van der Waals surface area contributed by atoms with Crippen molar-refractivity contribution in [1.82, 2.24) is 9.69 Å². The first kappa shape index (κ1) is 23.4. The Morgan fingerprint density at radius 1 is 1.41 bits per heavy atom. The molecule has 0 saturated carbocycles. The molecule has 11 nitrogen and oxygen atoms in total. The fraction of sp³-hybridized carbons (Fsp3) is 0.625. The number of carbonyl (C=O) groups excluding carboxylic acids is 3. The highest BCUT2D eigenvalue weighted by Crippen LogP contribution is 2.57. The molecule has 1 aliphatic heterocycles. The second kappa shape index (κ2) is 9.77. The number of nitrogens with zero attached hydrogens (tertiary/aromatic N) is 1. The molecule has 1 amide bonds. The van der Waals surface area contributed by atoms with Crippen molar-refractivity contribution in [1.29, 1.82) is 0 Å². The molecule has 2 rings (SSSR count). The van der Waals surface area contributed by atoms with Crippen LogP contribution in [0, 0.1) is 12.3 Å². The van der Waals surface area contributed by atoms with Crippen molar-refractivity contribution >= 4 is 37.2 Å². The van der Waals surface area contributed by atoms with Crippen LogP contribution in [0.5, 0.6) is 0 Å². The minimum Gasteiger partial charge on any atom is -0.469 e. The van der Waals surface area contributed by atoms with E-state index in [1.807, 2.05) is 0 Å². The molecule has 1 aromatic heterocycles. The molecule has 0 bridgehead atoms. The van der Waals surface area contributed by atoms with Gasteiger partial charge in [-0.3, -0.25) is 18.6 Å². The predicted octanol–water partition coefficient (Wildman–Crippen LogP) is 1.81. The normalized spacial score (nSPS) is 23.2. The van der Waals surface area contributed by atoms with Crippen molar-refractivity contribution in [3.63, 3.8) is 0 Å². The Bertz CT molecular complexity index is 810. The Morgan fingerprint density at radius 2 is 2.14 bits per heavy atom. The molecule has 162 valence electrons. The Labute approximate surface area is 171 Å². The average Bonchev–Trinajstić information content (AvgIpc) is 3.09. The van der Waals surface area contributed by atoms with Gasteiger partial charge in [-0.15, -0.1) is 0 Å². The van der Waals surface area contributed by atoms with Gasteiger partial charge in [-0.2, -0.15) is 0 Å². The van der Waals surface area contributed by atoms with E-state index in [0.29, 0.717) is 10.4 Å². The number of methoxy groups -OCH3 is 1. The van der Waals surface area contributed by atoms with Crippen molar-refractivity contribution in [3.05, 3.63) is 16.6 Å². The Balaban J connectivity index is 1.91. The van der Waals surface area contributed by atoms with E-state index in [9.17, 15) is 18.9 Å². The lowest BCUT2D eigenvalue weighted by atomic mass is 9.87. The molecule has 0 aliphatic carbocycles. The predicted molar refractivity (Wildman–Crippen MR) is 100 cm³/mol. The topological polar surface area (TPSA) is 139 Å². The van der Waals surface area contributed by atoms with Crippen LogP contribution in [0.4, 0.5) is 0 Å². The largest absolute Gasteiger partial charge is 0.478 e. The highest BCUT2D eigenvalue weighted by Gasteiger charge is 2.49. The van der Waals surface area contributed by atoms with E-state index in [1.165, 1.54) is 13.3 Å². The molecule has 1 N–H and O–H groups in total. The maximum absolute atomic E-state index is 12.7. The van der Waals surface area contributed by atoms with Gasteiger partial charge in [0.05, 0.1) is 20.1 Å². The van der Waals surface area contributed by atoms with Crippen LogP contribution in [0.1, 0.15) is 35.5 Å². The second-order valence-corrected chi connectivity index (χ2v) is 9.25. The van der Waals surface area contributed by atoms with Gasteiger partial charge in [0, 0.05) is 18.2 Å². The first-order valence-corrected chi connectivity index (χ1v) is 10.8. The number of phosphoric acid groups is 1. The average molecular weight is 450 g/mol. The molecule has 0 unspecified atom stereocenters. The van der Waals surface area contributed by atoms with Crippen molar-refractivity contribution in [3.8, 4) is 0 Å². The molecule has 29 heavy (non-hydrogen) atoms. The third kappa shape index (κ3) is 6.31. The van der Waals surface area contributed by atoms with Gasteiger partial charge < -0.3 is 14.8 Å². The number of amides is 1. The third-order valence-electron chi connectivity index (χ3n) is 3.97. The lowest BCUT2D eigenvalue weighted by Crippen LogP contribution is -2.50. The zero-order chi connectivity index (χ0) is 21.7. The minimum atomic E-state index is -4.15. The number of ether oxygens (including phenoxy) is 2. The van der Waals surface area contributed by atoms with E-state index in [0.717, 1.165) is 11.5 Å². The molecule has 1 aliphatic rings. The highest BCUT2D eigenvalue weighted by molar-refractivity contribution is 7.48. The number of hydrogen-bond acceptors (Lipinski definition) is 11. The molecule has 2 atom stereocenters. The van der Waals surface area contributed by atoms with Gasteiger partial charge in [-0.1, -0.05) is 13.8 Å². The molecule has 0 spiro atoms. The number of hydrogen-bond donors (Lipinski definition) is 1. The van der Waals surface area contributed by atoms with Crippen LogP contribution in [0.15, 0.2) is 6.20 Å². The Morgan fingerprint density at radius 3 is 2.76 bits per heavy atom. The summed E-state index contributed by atoms with van der Waals surface area (Å²) < 4.78 is 41.4. The van der Waals surface area contributed by atoms with Crippen LogP contribution in [-0.4, -0.2) is 55.4 Å². The van der Waals surface area contributed by atoms with Gasteiger partial charge >= 0.3 is 19.8 Å². The standard InChI is InChI=1S/C16H23N2O9PS/c1-10-7-18-29-12(10)15(21)24-9-26-28(22)25-8-16(2,3)13(27-28)14(20)17-6-5-11(19)23-4/h7,13H,5-6,8-9H2,1-4H3,(H,17,20)/t13-,28-/m0/s1. The van der Waals surface area contributed by atoms with Crippen molar-refractivity contribution in [2.24, 2.45) is 5.41 Å². The molecule has 1 fully saturated rings. The summed E-state index contributed by atoms with van der Waals surface area (Å²) in [4.78, 5) is 35.8. The second-order valence-electron chi connectivity index (χ2n) is 6.83. The smallest absolute Gasteiger partial charge is 0.469 e. The summed E-state index contributed by atoms with van der Waals surface area (Å²) in [5.74, 6) is -1.75. The van der Waals surface area contributed by atoms with Crippen molar-refractivity contribution < 1.29 is 42.0 Å². The highest BCUT2D eigenvalue weighted by atomic mass is 32.1. The quantitative estimate of drug-likeness (QED) is 0.354. The van der Waals surface area contributed by atoms with E-state index >= 15 is 0 Å². The fourth-order valence-corrected chi connectivity index (χ4v) is 4.43. The number of rotatable bonds is 8. The maximum Gasteiger partial charge on any atom is 0.478 e. The number of carbonyl (C=O) groups is 3. The summed E-state index contributed by atoms with van der Waals surface area (Å²) in [6, 6.07) is 0. The molecule has 2 heterocycles. The van der Waals surface area contributed by atoms with Gasteiger partial charge in [0.2, 0.25) is 12.7 Å². The van der Waals surface area contributed by atoms with Crippen LogP contribution in [-0.2, 0) is 37.2 Å². The van der Waals surface area contributed by atoms with Crippen molar-refractivity contribution in [2.75, 3.05) is 27.1 Å². The molecule has 0 aromatic carbocycles. The van der Waals surface area contributed by atoms with Gasteiger partial charge in [0.1, 0.15) is 4.88 Å².